The molecule has 0 atom stereocenters. The highest BCUT2D eigenvalue weighted by atomic mass is 14.9. The van der Waals surface area contributed by atoms with Crippen LogP contribution >= 0.6 is 0 Å². The van der Waals surface area contributed by atoms with Gasteiger partial charge in [0, 0.05) is 12.2 Å². The Morgan fingerprint density at radius 3 is 3.40 bits per heavy atom. The lowest BCUT2D eigenvalue weighted by molar-refractivity contribution is 0.911. The maximum Gasteiger partial charge on any atom is 0.0336 e. The number of fused-ring (bicyclic) bond motifs is 1. The van der Waals surface area contributed by atoms with Crippen molar-refractivity contribution in [3.8, 4) is 0 Å². The maximum absolute atomic E-state index is 3.35. The van der Waals surface area contributed by atoms with Crippen LogP contribution in [0.5, 0.6) is 0 Å². The van der Waals surface area contributed by atoms with Crippen molar-refractivity contribution in [1.82, 2.24) is 5.32 Å². The Labute approximate surface area is 61.1 Å². The molecule has 1 N–H and O–H groups in total. The molecular weight excluding hydrogens is 122 g/mol. The molecule has 2 aliphatic rings. The first-order valence-corrected chi connectivity index (χ1v) is 3.77. The molecule has 1 nitrogen and oxygen atoms in total. The van der Waals surface area contributed by atoms with E-state index in [0.717, 1.165) is 13.0 Å². The van der Waals surface area contributed by atoms with Gasteiger partial charge in [-0.3, -0.25) is 0 Å². The number of nitrogens with one attached hydrogen (secondary N) is 1. The Hall–Kier alpha value is -0.980. The van der Waals surface area contributed by atoms with Crippen molar-refractivity contribution < 1.29 is 0 Å². The normalized spacial score (nSPS) is 22.4. The third-order valence-corrected chi connectivity index (χ3v) is 1.95. The van der Waals surface area contributed by atoms with E-state index in [1.807, 2.05) is 0 Å². The lowest BCUT2D eigenvalue weighted by Crippen LogP contribution is -2.03. The van der Waals surface area contributed by atoms with Crippen molar-refractivity contribution in [2.24, 2.45) is 0 Å². The van der Waals surface area contributed by atoms with Crippen molar-refractivity contribution in [1.29, 1.82) is 0 Å². The summed E-state index contributed by atoms with van der Waals surface area (Å²) < 4.78 is 0. The van der Waals surface area contributed by atoms with E-state index < -0.39 is 0 Å². The predicted molar refractivity (Wildman–Crippen MR) is 42.5 cm³/mol. The predicted octanol–water partition coefficient (Wildman–Crippen LogP) is 1.75. The van der Waals surface area contributed by atoms with E-state index in [1.54, 1.807) is 0 Å². The topological polar surface area (TPSA) is 12.0 Å². The number of hydrogen-bond donors (Lipinski definition) is 1. The van der Waals surface area contributed by atoms with Gasteiger partial charge in [-0.2, -0.15) is 0 Å². The molecule has 0 aromatic rings. The second-order valence-electron chi connectivity index (χ2n) is 2.65. The van der Waals surface area contributed by atoms with E-state index in [9.17, 15) is 0 Å². The van der Waals surface area contributed by atoms with E-state index in [-0.39, 0.29) is 0 Å². The molecule has 0 unspecified atom stereocenters. The van der Waals surface area contributed by atoms with Gasteiger partial charge in [0.2, 0.25) is 0 Å². The molecule has 0 saturated carbocycles. The molecule has 1 heteroatoms. The van der Waals surface area contributed by atoms with Crippen LogP contribution in [0.4, 0.5) is 0 Å². The number of rotatable bonds is 0. The highest BCUT2D eigenvalue weighted by Gasteiger charge is 2.11. The first-order chi connectivity index (χ1) is 4.97. The lowest BCUT2D eigenvalue weighted by Gasteiger charge is -1.96. The number of hydrogen-bond acceptors (Lipinski definition) is 1. The minimum atomic E-state index is 1.07. The van der Waals surface area contributed by atoms with Gasteiger partial charge in [-0.1, -0.05) is 24.3 Å². The summed E-state index contributed by atoms with van der Waals surface area (Å²) in [5.41, 5.74) is 2.82. The Kier molecular flexibility index (Phi) is 1.35. The van der Waals surface area contributed by atoms with Gasteiger partial charge in [-0.05, 0) is 18.4 Å². The molecule has 1 aliphatic carbocycles. The minimum absolute atomic E-state index is 1.07. The molecule has 10 heavy (non-hydrogen) atoms. The third kappa shape index (κ3) is 0.878. The molecule has 1 heterocycles. The fourth-order valence-corrected chi connectivity index (χ4v) is 1.41. The van der Waals surface area contributed by atoms with Crippen molar-refractivity contribution in [2.45, 2.75) is 12.8 Å². The number of allylic oxidation sites excluding steroid dienone is 5. The van der Waals surface area contributed by atoms with Gasteiger partial charge in [0.15, 0.2) is 0 Å². The first kappa shape index (κ1) is 5.78. The quantitative estimate of drug-likeness (QED) is 0.531. The van der Waals surface area contributed by atoms with Crippen LogP contribution < -0.4 is 5.32 Å². The van der Waals surface area contributed by atoms with Crippen LogP contribution in [0.25, 0.3) is 0 Å². The highest BCUT2D eigenvalue weighted by Crippen LogP contribution is 2.20. The summed E-state index contributed by atoms with van der Waals surface area (Å²) >= 11 is 0. The van der Waals surface area contributed by atoms with E-state index in [0.29, 0.717) is 0 Å². The van der Waals surface area contributed by atoms with Gasteiger partial charge in [-0.25, -0.2) is 0 Å². The molecule has 0 aromatic carbocycles. The summed E-state index contributed by atoms with van der Waals surface area (Å²) in [6, 6.07) is 0. The lowest BCUT2D eigenvalue weighted by atomic mass is 10.2. The van der Waals surface area contributed by atoms with Gasteiger partial charge >= 0.3 is 0 Å². The molecule has 2 rings (SSSR count). The summed E-state index contributed by atoms with van der Waals surface area (Å²) in [6.07, 6.45) is 11.0. The van der Waals surface area contributed by atoms with Gasteiger partial charge < -0.3 is 5.32 Å². The van der Waals surface area contributed by atoms with E-state index >= 15 is 0 Å². The minimum Gasteiger partial charge on any atom is -0.385 e. The average Bonchev–Trinajstić information content (AvgIpc) is 2.28. The smallest absolute Gasteiger partial charge is 0.0336 e. The highest BCUT2D eigenvalue weighted by molar-refractivity contribution is 5.38. The van der Waals surface area contributed by atoms with E-state index in [4.69, 9.17) is 0 Å². The van der Waals surface area contributed by atoms with Crippen molar-refractivity contribution >= 4 is 0 Å². The van der Waals surface area contributed by atoms with Gasteiger partial charge in [0.1, 0.15) is 0 Å². The van der Waals surface area contributed by atoms with Crippen LogP contribution in [0, 0.1) is 0 Å². The fourth-order valence-electron chi connectivity index (χ4n) is 1.41. The van der Waals surface area contributed by atoms with Crippen LogP contribution in [-0.2, 0) is 0 Å². The molecule has 0 amide bonds. The van der Waals surface area contributed by atoms with Crippen LogP contribution in [0.3, 0.4) is 0 Å². The zero-order valence-electron chi connectivity index (χ0n) is 5.93. The molecule has 0 aromatic heterocycles. The monoisotopic (exact) mass is 133 g/mol. The first-order valence-electron chi connectivity index (χ1n) is 3.77. The molecule has 1 aliphatic heterocycles. The second-order valence-corrected chi connectivity index (χ2v) is 2.65. The van der Waals surface area contributed by atoms with Crippen molar-refractivity contribution in [2.75, 3.05) is 6.54 Å². The zero-order chi connectivity index (χ0) is 6.81. The van der Waals surface area contributed by atoms with Crippen molar-refractivity contribution in [3.05, 3.63) is 35.6 Å². The van der Waals surface area contributed by atoms with Gasteiger partial charge in [0.05, 0.1) is 0 Å². The third-order valence-electron chi connectivity index (χ3n) is 1.95. The molecule has 0 radical (unpaired) electrons. The summed E-state index contributed by atoms with van der Waals surface area (Å²) in [5, 5.41) is 3.35. The van der Waals surface area contributed by atoms with Gasteiger partial charge in [-0.15, -0.1) is 0 Å². The van der Waals surface area contributed by atoms with Crippen molar-refractivity contribution in [3.63, 3.8) is 0 Å². The molecule has 52 valence electrons. The second kappa shape index (κ2) is 2.33. The zero-order valence-corrected chi connectivity index (χ0v) is 5.93. The SMILES string of the molecule is C1=CCC=C2NCCC2=C1. The summed E-state index contributed by atoms with van der Waals surface area (Å²) in [5.74, 6) is 0. The van der Waals surface area contributed by atoms with Gasteiger partial charge in [0.25, 0.3) is 0 Å². The summed E-state index contributed by atoms with van der Waals surface area (Å²) in [6.45, 7) is 1.12. The van der Waals surface area contributed by atoms with Crippen LogP contribution in [0.2, 0.25) is 0 Å². The van der Waals surface area contributed by atoms with Crippen LogP contribution in [-0.4, -0.2) is 6.54 Å². The Bertz CT molecular complexity index is 221. The Balaban J connectivity index is 2.34. The summed E-state index contributed by atoms with van der Waals surface area (Å²) in [7, 11) is 0. The standard InChI is InChI=1S/C9H11N/c1-2-4-8-6-7-10-9(8)5-3-1/h1-2,4-5,10H,3,6-7H2. The molecule has 0 spiro atoms. The fraction of sp³-hybridized carbons (Fsp3) is 0.333. The Morgan fingerprint density at radius 2 is 2.40 bits per heavy atom. The molecule has 1 saturated heterocycles. The van der Waals surface area contributed by atoms with Crippen LogP contribution in [0.1, 0.15) is 12.8 Å². The maximum atomic E-state index is 3.35. The molecule has 0 bridgehead atoms. The summed E-state index contributed by atoms with van der Waals surface area (Å²) in [4.78, 5) is 0. The molecular formula is C9H11N. The largest absolute Gasteiger partial charge is 0.385 e. The Morgan fingerprint density at radius 1 is 1.40 bits per heavy atom. The van der Waals surface area contributed by atoms with E-state index in [1.165, 1.54) is 17.7 Å². The van der Waals surface area contributed by atoms with Crippen LogP contribution in [0.15, 0.2) is 35.6 Å². The average molecular weight is 133 g/mol. The van der Waals surface area contributed by atoms with E-state index in [2.05, 4.69) is 29.6 Å². The molecule has 1 fully saturated rings.